The highest BCUT2D eigenvalue weighted by atomic mass is 16.4. The summed E-state index contributed by atoms with van der Waals surface area (Å²) in [6.45, 7) is 1.95. The van der Waals surface area contributed by atoms with Crippen LogP contribution in [-0.4, -0.2) is 63.9 Å². The largest absolute Gasteiger partial charge is 0.480 e. The number of aliphatic carboxylic acids is 1. The smallest absolute Gasteiger partial charge is 0.328 e. The van der Waals surface area contributed by atoms with Gasteiger partial charge in [0.25, 0.3) is 0 Å². The van der Waals surface area contributed by atoms with Crippen molar-refractivity contribution in [2.75, 3.05) is 6.61 Å². The molecule has 0 aromatic rings. The van der Waals surface area contributed by atoms with Crippen LogP contribution < -0.4 is 16.4 Å². The number of carbonyl (C=O) groups is 3. The van der Waals surface area contributed by atoms with Gasteiger partial charge in [-0.2, -0.15) is 0 Å². The normalized spacial score (nSPS) is 16.9. The van der Waals surface area contributed by atoms with E-state index in [1.165, 1.54) is 13.8 Å². The number of aliphatic hydroxyl groups excluding tert-OH is 2. The van der Waals surface area contributed by atoms with Crippen LogP contribution in [0.25, 0.3) is 0 Å². The van der Waals surface area contributed by atoms with Crippen molar-refractivity contribution in [1.82, 2.24) is 10.6 Å². The van der Waals surface area contributed by atoms with Gasteiger partial charge in [0, 0.05) is 0 Å². The second kappa shape index (κ2) is 7.67. The van der Waals surface area contributed by atoms with E-state index in [4.69, 9.17) is 15.9 Å². The molecule has 19 heavy (non-hydrogen) atoms. The van der Waals surface area contributed by atoms with Gasteiger partial charge in [0.1, 0.15) is 12.1 Å². The second-order valence-corrected chi connectivity index (χ2v) is 4.08. The van der Waals surface area contributed by atoms with Crippen molar-refractivity contribution < 1.29 is 29.7 Å². The molecule has 0 fully saturated rings. The highest BCUT2D eigenvalue weighted by Crippen LogP contribution is 1.95. The van der Waals surface area contributed by atoms with Gasteiger partial charge >= 0.3 is 5.97 Å². The number of rotatable bonds is 7. The number of amides is 2. The van der Waals surface area contributed by atoms with Crippen molar-refractivity contribution in [2.45, 2.75) is 38.1 Å². The van der Waals surface area contributed by atoms with Gasteiger partial charge in [-0.05, 0) is 13.8 Å². The fourth-order valence-electron chi connectivity index (χ4n) is 1.14. The fraction of sp³-hybridized carbons (Fsp3) is 0.700. The minimum absolute atomic E-state index is 0.578. The van der Waals surface area contributed by atoms with Crippen LogP contribution in [-0.2, 0) is 14.4 Å². The van der Waals surface area contributed by atoms with Crippen LogP contribution in [0.4, 0.5) is 0 Å². The Labute approximate surface area is 109 Å². The van der Waals surface area contributed by atoms with E-state index in [9.17, 15) is 19.5 Å². The molecule has 0 saturated carbocycles. The lowest BCUT2D eigenvalue weighted by molar-refractivity contribution is -0.145. The zero-order chi connectivity index (χ0) is 15.2. The van der Waals surface area contributed by atoms with Gasteiger partial charge in [-0.15, -0.1) is 0 Å². The average Bonchev–Trinajstić information content (AvgIpc) is 2.33. The summed E-state index contributed by atoms with van der Waals surface area (Å²) in [5.41, 5.74) is 5.23. The Morgan fingerprint density at radius 3 is 2.05 bits per heavy atom. The van der Waals surface area contributed by atoms with Gasteiger partial charge in [-0.1, -0.05) is 0 Å². The van der Waals surface area contributed by atoms with Crippen molar-refractivity contribution in [3.8, 4) is 0 Å². The Morgan fingerprint density at radius 2 is 1.68 bits per heavy atom. The van der Waals surface area contributed by atoms with Crippen molar-refractivity contribution in [2.24, 2.45) is 5.73 Å². The molecule has 0 heterocycles. The summed E-state index contributed by atoms with van der Waals surface area (Å²) in [6.07, 6.45) is -1.29. The van der Waals surface area contributed by atoms with Crippen LogP contribution >= 0.6 is 0 Å². The van der Waals surface area contributed by atoms with Crippen LogP contribution in [0.1, 0.15) is 13.8 Å². The molecule has 7 N–H and O–H groups in total. The molecule has 0 bridgehead atoms. The SMILES string of the molecule is CC(NC(=O)C(N)CO)C(=O)NC(C(=O)O)C(C)O. The zero-order valence-electron chi connectivity index (χ0n) is 10.7. The molecule has 0 aliphatic heterocycles. The van der Waals surface area contributed by atoms with E-state index in [1.807, 2.05) is 0 Å². The number of nitrogens with two attached hydrogens (primary N) is 1. The van der Waals surface area contributed by atoms with Gasteiger partial charge in [-0.25, -0.2) is 4.79 Å². The van der Waals surface area contributed by atoms with Crippen molar-refractivity contribution in [3.05, 3.63) is 0 Å². The maximum absolute atomic E-state index is 11.6. The Bertz CT molecular complexity index is 346. The highest BCUT2D eigenvalue weighted by Gasteiger charge is 2.28. The van der Waals surface area contributed by atoms with E-state index in [0.29, 0.717) is 0 Å². The molecular weight excluding hydrogens is 258 g/mol. The van der Waals surface area contributed by atoms with Gasteiger partial charge in [0.2, 0.25) is 11.8 Å². The third kappa shape index (κ3) is 5.64. The maximum Gasteiger partial charge on any atom is 0.328 e. The van der Waals surface area contributed by atoms with Crippen molar-refractivity contribution in [1.29, 1.82) is 0 Å². The Balaban J connectivity index is 4.49. The van der Waals surface area contributed by atoms with Gasteiger partial charge in [0.05, 0.1) is 12.7 Å². The predicted molar refractivity (Wildman–Crippen MR) is 63.9 cm³/mol. The molecular formula is C10H19N3O6. The van der Waals surface area contributed by atoms with Gasteiger partial charge in [0.15, 0.2) is 6.04 Å². The van der Waals surface area contributed by atoms with Crippen molar-refractivity contribution >= 4 is 17.8 Å². The van der Waals surface area contributed by atoms with E-state index in [1.54, 1.807) is 0 Å². The van der Waals surface area contributed by atoms with Crippen LogP contribution in [0.5, 0.6) is 0 Å². The predicted octanol–water partition coefficient (Wildman–Crippen LogP) is -3.24. The minimum Gasteiger partial charge on any atom is -0.480 e. The molecule has 0 aromatic heterocycles. The lowest BCUT2D eigenvalue weighted by atomic mass is 10.1. The van der Waals surface area contributed by atoms with Crippen molar-refractivity contribution in [3.63, 3.8) is 0 Å². The van der Waals surface area contributed by atoms with E-state index in [2.05, 4.69) is 10.6 Å². The second-order valence-electron chi connectivity index (χ2n) is 4.08. The summed E-state index contributed by atoms with van der Waals surface area (Å²) in [4.78, 5) is 33.7. The van der Waals surface area contributed by atoms with E-state index >= 15 is 0 Å². The first kappa shape index (κ1) is 17.3. The summed E-state index contributed by atoms with van der Waals surface area (Å²) in [5, 5.41) is 30.9. The van der Waals surface area contributed by atoms with E-state index in [-0.39, 0.29) is 0 Å². The summed E-state index contributed by atoms with van der Waals surface area (Å²) in [7, 11) is 0. The molecule has 0 saturated heterocycles. The first-order valence-corrected chi connectivity index (χ1v) is 5.58. The van der Waals surface area contributed by atoms with Gasteiger partial charge in [-0.3, -0.25) is 9.59 Å². The summed E-state index contributed by atoms with van der Waals surface area (Å²) >= 11 is 0. The van der Waals surface area contributed by atoms with Crippen LogP contribution in [0.2, 0.25) is 0 Å². The first-order chi connectivity index (χ1) is 8.70. The lowest BCUT2D eigenvalue weighted by Crippen LogP contribution is -2.56. The van der Waals surface area contributed by atoms with Crippen LogP contribution in [0.3, 0.4) is 0 Å². The van der Waals surface area contributed by atoms with Crippen LogP contribution in [0.15, 0.2) is 0 Å². The monoisotopic (exact) mass is 277 g/mol. The number of carboxylic acid groups (broad SMARTS) is 1. The molecule has 0 radical (unpaired) electrons. The first-order valence-electron chi connectivity index (χ1n) is 5.58. The molecule has 0 aliphatic carbocycles. The molecule has 4 unspecified atom stereocenters. The summed E-state index contributed by atoms with van der Waals surface area (Å²) < 4.78 is 0. The fourth-order valence-corrected chi connectivity index (χ4v) is 1.14. The topological polar surface area (TPSA) is 162 Å². The number of carboxylic acids is 1. The molecule has 2 amide bonds. The number of aliphatic hydroxyl groups is 2. The molecule has 0 aliphatic rings. The quantitative estimate of drug-likeness (QED) is 0.285. The summed E-state index contributed by atoms with van der Waals surface area (Å²) in [5.74, 6) is -2.92. The third-order valence-electron chi connectivity index (χ3n) is 2.33. The molecule has 0 spiro atoms. The molecule has 9 nitrogen and oxygen atoms in total. The zero-order valence-corrected chi connectivity index (χ0v) is 10.7. The Kier molecular flexibility index (Phi) is 6.98. The lowest BCUT2D eigenvalue weighted by Gasteiger charge is -2.21. The van der Waals surface area contributed by atoms with E-state index < -0.39 is 48.6 Å². The van der Waals surface area contributed by atoms with Gasteiger partial charge < -0.3 is 31.7 Å². The molecule has 0 rings (SSSR count). The Hall–Kier alpha value is -1.71. The Morgan fingerprint density at radius 1 is 1.16 bits per heavy atom. The molecule has 0 aromatic carbocycles. The molecule has 110 valence electrons. The average molecular weight is 277 g/mol. The number of nitrogens with one attached hydrogen (secondary N) is 2. The summed E-state index contributed by atoms with van der Waals surface area (Å²) in [6, 6.07) is -3.69. The standard InChI is InChI=1S/C10H19N3O6/c1-4(12-9(17)6(11)3-14)8(16)13-7(5(2)15)10(18)19/h4-7,14-15H,3,11H2,1-2H3,(H,12,17)(H,13,16)(H,18,19). The molecule has 4 atom stereocenters. The maximum atomic E-state index is 11.6. The molecule has 9 heteroatoms. The number of hydrogen-bond donors (Lipinski definition) is 6. The number of hydrogen-bond acceptors (Lipinski definition) is 6. The minimum atomic E-state index is -1.47. The highest BCUT2D eigenvalue weighted by molar-refractivity contribution is 5.91. The van der Waals surface area contributed by atoms with Crippen LogP contribution in [0, 0.1) is 0 Å². The number of carbonyl (C=O) groups excluding carboxylic acids is 2. The van der Waals surface area contributed by atoms with E-state index in [0.717, 1.165) is 0 Å². The third-order valence-corrected chi connectivity index (χ3v) is 2.33.